The molecule has 134 valence electrons. The summed E-state index contributed by atoms with van der Waals surface area (Å²) in [6.45, 7) is 6.89. The highest BCUT2D eigenvalue weighted by Crippen LogP contribution is 2.30. The molecule has 5 heteroatoms. The summed E-state index contributed by atoms with van der Waals surface area (Å²) >= 11 is 0. The second kappa shape index (κ2) is 9.00. The zero-order valence-corrected chi connectivity index (χ0v) is 15.3. The molecular weight excluding hydrogens is 302 g/mol. The van der Waals surface area contributed by atoms with E-state index in [0.717, 1.165) is 44.9 Å². The van der Waals surface area contributed by atoms with E-state index in [0.29, 0.717) is 23.8 Å². The first kappa shape index (κ1) is 18.7. The molecule has 1 aliphatic rings. The van der Waals surface area contributed by atoms with Crippen LogP contribution in [0, 0.1) is 11.8 Å². The number of Topliss-reactive ketones (excluding diaryl/α,β-unsaturated/α-hetero) is 1. The highest BCUT2D eigenvalue weighted by molar-refractivity contribution is 5.93. The zero-order valence-electron chi connectivity index (χ0n) is 15.3. The van der Waals surface area contributed by atoms with Crippen LogP contribution in [0.15, 0.2) is 12.4 Å². The fourth-order valence-electron chi connectivity index (χ4n) is 3.32. The third-order valence-electron chi connectivity index (χ3n) is 5.02. The van der Waals surface area contributed by atoms with Gasteiger partial charge in [0.05, 0.1) is 11.8 Å². The molecule has 0 atom stereocenters. The molecule has 0 saturated heterocycles. The molecule has 0 aromatic carbocycles. The second-order valence-electron chi connectivity index (χ2n) is 7.30. The van der Waals surface area contributed by atoms with Crippen LogP contribution in [0.3, 0.4) is 0 Å². The standard InChI is InChI=1S/C19H31N3O2/c1-4-5-6-18(23)16-9-7-15(8-10-16)11-20-19(24)17-12-21-22(13-17)14(2)3/h12-16H,4-11H2,1-3H3,(H,20,24). The van der Waals surface area contributed by atoms with Gasteiger partial charge in [0.25, 0.3) is 5.91 Å². The SMILES string of the molecule is CCCCC(=O)C1CCC(CNC(=O)c2cnn(C(C)C)c2)CC1. The average molecular weight is 333 g/mol. The number of hydrogen-bond acceptors (Lipinski definition) is 3. The minimum Gasteiger partial charge on any atom is -0.352 e. The van der Waals surface area contributed by atoms with Crippen LogP contribution in [0.25, 0.3) is 0 Å². The number of nitrogens with one attached hydrogen (secondary N) is 1. The fourth-order valence-corrected chi connectivity index (χ4v) is 3.32. The average Bonchev–Trinajstić information content (AvgIpc) is 3.08. The molecule has 1 heterocycles. The van der Waals surface area contributed by atoms with Crippen LogP contribution < -0.4 is 5.32 Å². The Bertz CT molecular complexity index is 543. The molecule has 2 rings (SSSR count). The maximum absolute atomic E-state index is 12.2. The Morgan fingerprint density at radius 3 is 2.58 bits per heavy atom. The topological polar surface area (TPSA) is 64.0 Å². The van der Waals surface area contributed by atoms with E-state index in [1.54, 1.807) is 17.1 Å². The Kier molecular flexibility index (Phi) is 7.00. The van der Waals surface area contributed by atoms with Gasteiger partial charge in [0.15, 0.2) is 0 Å². The van der Waals surface area contributed by atoms with E-state index in [4.69, 9.17) is 0 Å². The van der Waals surface area contributed by atoms with Gasteiger partial charge in [0.1, 0.15) is 5.78 Å². The van der Waals surface area contributed by atoms with Gasteiger partial charge < -0.3 is 5.32 Å². The Labute approximate surface area is 145 Å². The van der Waals surface area contributed by atoms with E-state index in [2.05, 4.69) is 17.3 Å². The maximum Gasteiger partial charge on any atom is 0.254 e. The number of ketones is 1. The lowest BCUT2D eigenvalue weighted by Gasteiger charge is -2.27. The monoisotopic (exact) mass is 333 g/mol. The number of unbranched alkanes of at least 4 members (excludes halogenated alkanes) is 1. The van der Waals surface area contributed by atoms with Crippen LogP contribution in [0.1, 0.15) is 82.1 Å². The highest BCUT2D eigenvalue weighted by atomic mass is 16.1. The van der Waals surface area contributed by atoms with Gasteiger partial charge in [-0.15, -0.1) is 0 Å². The Morgan fingerprint density at radius 1 is 1.29 bits per heavy atom. The fraction of sp³-hybridized carbons (Fsp3) is 0.737. The third kappa shape index (κ3) is 5.18. The Balaban J connectivity index is 1.72. The third-order valence-corrected chi connectivity index (χ3v) is 5.02. The molecule has 1 aromatic heterocycles. The van der Waals surface area contributed by atoms with Crippen molar-refractivity contribution >= 4 is 11.7 Å². The van der Waals surface area contributed by atoms with E-state index in [9.17, 15) is 9.59 Å². The summed E-state index contributed by atoms with van der Waals surface area (Å²) in [5.41, 5.74) is 0.618. The molecule has 0 unspecified atom stereocenters. The van der Waals surface area contributed by atoms with Crippen molar-refractivity contribution in [3.63, 3.8) is 0 Å². The summed E-state index contributed by atoms with van der Waals surface area (Å²) in [6, 6.07) is 0.257. The lowest BCUT2D eigenvalue weighted by Crippen LogP contribution is -2.32. The predicted octanol–water partition coefficient (Wildman–Crippen LogP) is 3.76. The van der Waals surface area contributed by atoms with Crippen LogP contribution in [0.2, 0.25) is 0 Å². The summed E-state index contributed by atoms with van der Waals surface area (Å²) in [7, 11) is 0. The highest BCUT2D eigenvalue weighted by Gasteiger charge is 2.26. The van der Waals surface area contributed by atoms with E-state index in [1.807, 2.05) is 13.8 Å². The lowest BCUT2D eigenvalue weighted by atomic mass is 9.79. The van der Waals surface area contributed by atoms with Gasteiger partial charge in [-0.2, -0.15) is 5.10 Å². The molecule has 0 aliphatic heterocycles. The van der Waals surface area contributed by atoms with E-state index in [1.165, 1.54) is 0 Å². The van der Waals surface area contributed by atoms with Gasteiger partial charge in [-0.3, -0.25) is 14.3 Å². The second-order valence-corrected chi connectivity index (χ2v) is 7.30. The largest absolute Gasteiger partial charge is 0.352 e. The van der Waals surface area contributed by atoms with E-state index >= 15 is 0 Å². The summed E-state index contributed by atoms with van der Waals surface area (Å²) < 4.78 is 1.79. The van der Waals surface area contributed by atoms with Gasteiger partial charge in [-0.1, -0.05) is 13.3 Å². The number of carbonyl (C=O) groups is 2. The number of carbonyl (C=O) groups excluding carboxylic acids is 2. The summed E-state index contributed by atoms with van der Waals surface area (Å²) in [5, 5.41) is 7.23. The lowest BCUT2D eigenvalue weighted by molar-refractivity contribution is -0.124. The maximum atomic E-state index is 12.2. The minimum atomic E-state index is -0.0527. The quantitative estimate of drug-likeness (QED) is 0.788. The van der Waals surface area contributed by atoms with Crippen LogP contribution in [-0.4, -0.2) is 28.0 Å². The van der Waals surface area contributed by atoms with Gasteiger partial charge in [0, 0.05) is 31.1 Å². The number of aromatic nitrogens is 2. The number of amides is 1. The van der Waals surface area contributed by atoms with Crippen LogP contribution in [0.4, 0.5) is 0 Å². The van der Waals surface area contributed by atoms with Crippen molar-refractivity contribution in [2.45, 2.75) is 71.8 Å². The Hall–Kier alpha value is -1.65. The Morgan fingerprint density at radius 2 is 2.00 bits per heavy atom. The van der Waals surface area contributed by atoms with Crippen molar-refractivity contribution in [1.29, 1.82) is 0 Å². The first-order chi connectivity index (χ1) is 11.5. The smallest absolute Gasteiger partial charge is 0.254 e. The van der Waals surface area contributed by atoms with Gasteiger partial charge in [-0.05, 0) is 51.9 Å². The first-order valence-electron chi connectivity index (χ1n) is 9.36. The normalized spacial score (nSPS) is 21.0. The van der Waals surface area contributed by atoms with E-state index in [-0.39, 0.29) is 17.9 Å². The van der Waals surface area contributed by atoms with Crippen molar-refractivity contribution in [1.82, 2.24) is 15.1 Å². The molecule has 0 spiro atoms. The summed E-state index contributed by atoms with van der Waals surface area (Å²) in [6.07, 6.45) is 10.3. The number of nitrogens with zero attached hydrogens (tertiary/aromatic N) is 2. The van der Waals surface area contributed by atoms with Crippen molar-refractivity contribution in [2.24, 2.45) is 11.8 Å². The summed E-state index contributed by atoms with van der Waals surface area (Å²) in [4.78, 5) is 24.3. The van der Waals surface area contributed by atoms with Gasteiger partial charge in [-0.25, -0.2) is 0 Å². The predicted molar refractivity (Wildman–Crippen MR) is 94.9 cm³/mol. The molecule has 1 N–H and O–H groups in total. The molecule has 1 saturated carbocycles. The van der Waals surface area contributed by atoms with Crippen LogP contribution >= 0.6 is 0 Å². The molecule has 1 fully saturated rings. The molecule has 5 nitrogen and oxygen atoms in total. The van der Waals surface area contributed by atoms with E-state index < -0.39 is 0 Å². The molecule has 1 aromatic rings. The molecule has 24 heavy (non-hydrogen) atoms. The van der Waals surface area contributed by atoms with Crippen molar-refractivity contribution in [2.75, 3.05) is 6.54 Å². The molecule has 1 amide bonds. The molecule has 1 aliphatic carbocycles. The zero-order chi connectivity index (χ0) is 17.5. The van der Waals surface area contributed by atoms with Crippen molar-refractivity contribution in [3.05, 3.63) is 18.0 Å². The molecule has 0 radical (unpaired) electrons. The molecular formula is C19H31N3O2. The van der Waals surface area contributed by atoms with Crippen molar-refractivity contribution in [3.8, 4) is 0 Å². The van der Waals surface area contributed by atoms with Crippen molar-refractivity contribution < 1.29 is 9.59 Å². The van der Waals surface area contributed by atoms with Crippen LogP contribution in [-0.2, 0) is 4.79 Å². The van der Waals surface area contributed by atoms with Crippen LogP contribution in [0.5, 0.6) is 0 Å². The molecule has 0 bridgehead atoms. The minimum absolute atomic E-state index is 0.0527. The van der Waals surface area contributed by atoms with Gasteiger partial charge in [0.2, 0.25) is 0 Å². The number of hydrogen-bond donors (Lipinski definition) is 1. The van der Waals surface area contributed by atoms with Gasteiger partial charge >= 0.3 is 0 Å². The number of rotatable bonds is 8. The summed E-state index contributed by atoms with van der Waals surface area (Å²) in [5.74, 6) is 1.14. The first-order valence-corrected chi connectivity index (χ1v) is 9.36.